The molecule has 1 saturated heterocycles. The van der Waals surface area contributed by atoms with E-state index in [2.05, 4.69) is 5.92 Å². The van der Waals surface area contributed by atoms with Crippen molar-refractivity contribution in [2.75, 3.05) is 26.9 Å². The van der Waals surface area contributed by atoms with Crippen LogP contribution in [0.3, 0.4) is 0 Å². The topological polar surface area (TPSA) is 65.1 Å². The highest BCUT2D eigenvalue weighted by Crippen LogP contribution is 2.34. The summed E-state index contributed by atoms with van der Waals surface area (Å²) in [5.41, 5.74) is 1.84. The zero-order chi connectivity index (χ0) is 21.5. The molecule has 7 heteroatoms. The van der Waals surface area contributed by atoms with Crippen LogP contribution in [0.15, 0.2) is 47.4 Å². The Bertz CT molecular complexity index is 1010. The van der Waals surface area contributed by atoms with E-state index in [9.17, 15) is 9.59 Å². The SMILES string of the molecule is C#CCOc1ccc(/C=C2\SC(=O)N(CCOc3ccc(C)cc3)C2=O)cc1OC. The van der Waals surface area contributed by atoms with E-state index >= 15 is 0 Å². The van der Waals surface area contributed by atoms with Gasteiger partial charge in [0.1, 0.15) is 19.0 Å². The Morgan fingerprint density at radius 3 is 2.57 bits per heavy atom. The standard InChI is InChI=1S/C23H21NO5S/c1-4-12-29-19-10-7-17(14-20(19)27-3)15-21-22(25)24(23(26)30-21)11-13-28-18-8-5-16(2)6-9-18/h1,5-10,14-15H,11-13H2,2-3H3/b21-15-. The first-order valence-electron chi connectivity index (χ1n) is 9.21. The zero-order valence-electron chi connectivity index (χ0n) is 16.7. The predicted molar refractivity (Wildman–Crippen MR) is 117 cm³/mol. The number of aryl methyl sites for hydroxylation is 1. The second-order valence-corrected chi connectivity index (χ2v) is 7.39. The summed E-state index contributed by atoms with van der Waals surface area (Å²) in [5, 5.41) is -0.320. The number of terminal acetylenes is 1. The average Bonchev–Trinajstić information content (AvgIpc) is 3.01. The minimum Gasteiger partial charge on any atom is -0.493 e. The zero-order valence-corrected chi connectivity index (χ0v) is 17.5. The van der Waals surface area contributed by atoms with Crippen molar-refractivity contribution in [1.29, 1.82) is 0 Å². The number of hydrogen-bond acceptors (Lipinski definition) is 6. The van der Waals surface area contributed by atoms with Crippen molar-refractivity contribution in [2.45, 2.75) is 6.92 Å². The fourth-order valence-corrected chi connectivity index (χ4v) is 3.61. The van der Waals surface area contributed by atoms with Crippen molar-refractivity contribution in [2.24, 2.45) is 0 Å². The molecule has 154 valence electrons. The van der Waals surface area contributed by atoms with E-state index in [4.69, 9.17) is 20.6 Å². The molecule has 1 fully saturated rings. The molecule has 0 atom stereocenters. The van der Waals surface area contributed by atoms with Gasteiger partial charge in [0.05, 0.1) is 18.6 Å². The maximum Gasteiger partial charge on any atom is 0.293 e. The highest BCUT2D eigenvalue weighted by molar-refractivity contribution is 8.18. The average molecular weight is 423 g/mol. The van der Waals surface area contributed by atoms with E-state index in [0.717, 1.165) is 17.3 Å². The Balaban J connectivity index is 1.65. The first-order chi connectivity index (χ1) is 14.5. The number of nitrogens with zero attached hydrogens (tertiary/aromatic N) is 1. The number of amides is 2. The number of hydrogen-bond donors (Lipinski definition) is 0. The molecule has 0 bridgehead atoms. The minimum atomic E-state index is -0.343. The number of rotatable bonds is 8. The fourth-order valence-electron chi connectivity index (χ4n) is 2.75. The lowest BCUT2D eigenvalue weighted by molar-refractivity contribution is -0.123. The van der Waals surface area contributed by atoms with Crippen molar-refractivity contribution in [1.82, 2.24) is 4.90 Å². The number of imide groups is 1. The molecule has 0 N–H and O–H groups in total. The summed E-state index contributed by atoms with van der Waals surface area (Å²) in [6.07, 6.45) is 6.86. The lowest BCUT2D eigenvalue weighted by Crippen LogP contribution is -2.32. The predicted octanol–water partition coefficient (Wildman–Crippen LogP) is 4.13. The van der Waals surface area contributed by atoms with Crippen molar-refractivity contribution in [3.63, 3.8) is 0 Å². The Labute approximate surface area is 179 Å². The van der Waals surface area contributed by atoms with E-state index in [0.29, 0.717) is 27.7 Å². The fraction of sp³-hybridized carbons (Fsp3) is 0.217. The molecule has 2 aromatic carbocycles. The quantitative estimate of drug-likeness (QED) is 0.470. The third-order valence-corrected chi connectivity index (χ3v) is 5.18. The Morgan fingerprint density at radius 2 is 1.87 bits per heavy atom. The van der Waals surface area contributed by atoms with Gasteiger partial charge < -0.3 is 14.2 Å². The van der Waals surface area contributed by atoms with Crippen LogP contribution in [-0.2, 0) is 4.79 Å². The third-order valence-electron chi connectivity index (χ3n) is 4.27. The lowest BCUT2D eigenvalue weighted by Gasteiger charge is -2.13. The Morgan fingerprint density at radius 1 is 1.10 bits per heavy atom. The van der Waals surface area contributed by atoms with Crippen LogP contribution in [0.4, 0.5) is 4.79 Å². The van der Waals surface area contributed by atoms with E-state index in [1.54, 1.807) is 24.3 Å². The van der Waals surface area contributed by atoms with E-state index in [-0.39, 0.29) is 30.9 Å². The molecule has 0 unspecified atom stereocenters. The van der Waals surface area contributed by atoms with Crippen molar-refractivity contribution in [3.05, 3.63) is 58.5 Å². The van der Waals surface area contributed by atoms with Gasteiger partial charge in [0.25, 0.3) is 11.1 Å². The van der Waals surface area contributed by atoms with Gasteiger partial charge >= 0.3 is 0 Å². The minimum absolute atomic E-state index is 0.124. The molecular formula is C23H21NO5S. The van der Waals surface area contributed by atoms with Crippen LogP contribution < -0.4 is 14.2 Å². The third kappa shape index (κ3) is 5.16. The van der Waals surface area contributed by atoms with Gasteiger partial charge in [0.15, 0.2) is 11.5 Å². The molecule has 6 nitrogen and oxygen atoms in total. The van der Waals surface area contributed by atoms with Crippen molar-refractivity contribution >= 4 is 29.0 Å². The van der Waals surface area contributed by atoms with Crippen LogP contribution in [0.2, 0.25) is 0 Å². The molecule has 0 saturated carbocycles. The molecule has 2 amide bonds. The maximum atomic E-state index is 12.7. The van der Waals surface area contributed by atoms with Crippen molar-refractivity contribution < 1.29 is 23.8 Å². The van der Waals surface area contributed by atoms with E-state index < -0.39 is 0 Å². The number of methoxy groups -OCH3 is 1. The van der Waals surface area contributed by atoms with Gasteiger partial charge in [-0.2, -0.15) is 0 Å². The summed E-state index contributed by atoms with van der Waals surface area (Å²) in [6.45, 7) is 2.52. The molecule has 0 aromatic heterocycles. The summed E-state index contributed by atoms with van der Waals surface area (Å²) >= 11 is 0.901. The van der Waals surface area contributed by atoms with Crippen LogP contribution in [0, 0.1) is 19.3 Å². The highest BCUT2D eigenvalue weighted by Gasteiger charge is 2.34. The first kappa shape index (κ1) is 21.3. The molecule has 0 aliphatic carbocycles. The largest absolute Gasteiger partial charge is 0.493 e. The number of benzene rings is 2. The van der Waals surface area contributed by atoms with Gasteiger partial charge in [-0.1, -0.05) is 29.7 Å². The summed E-state index contributed by atoms with van der Waals surface area (Å²) in [7, 11) is 1.52. The van der Waals surface area contributed by atoms with Gasteiger partial charge in [0, 0.05) is 0 Å². The molecule has 1 aliphatic rings. The van der Waals surface area contributed by atoms with Gasteiger partial charge in [-0.15, -0.1) is 6.42 Å². The number of thioether (sulfide) groups is 1. The molecule has 30 heavy (non-hydrogen) atoms. The summed E-state index contributed by atoms with van der Waals surface area (Å²) < 4.78 is 16.4. The number of carbonyl (C=O) groups excluding carboxylic acids is 2. The molecule has 0 radical (unpaired) electrons. The Hall–Kier alpha value is -3.37. The summed E-state index contributed by atoms with van der Waals surface area (Å²) in [5.74, 6) is 3.75. The number of carbonyl (C=O) groups is 2. The van der Waals surface area contributed by atoms with Gasteiger partial charge in [-0.3, -0.25) is 14.5 Å². The van der Waals surface area contributed by atoms with E-state index in [1.165, 1.54) is 12.0 Å². The van der Waals surface area contributed by atoms with Crippen molar-refractivity contribution in [3.8, 4) is 29.6 Å². The molecule has 2 aromatic rings. The van der Waals surface area contributed by atoms with Gasteiger partial charge in [-0.05, 0) is 54.6 Å². The van der Waals surface area contributed by atoms with Crippen LogP contribution in [-0.4, -0.2) is 42.9 Å². The maximum absolute atomic E-state index is 12.7. The second kappa shape index (κ2) is 9.90. The summed E-state index contributed by atoms with van der Waals surface area (Å²) in [6, 6.07) is 12.8. The first-order valence-corrected chi connectivity index (χ1v) is 10.0. The van der Waals surface area contributed by atoms with Crippen LogP contribution in [0.25, 0.3) is 6.08 Å². The van der Waals surface area contributed by atoms with Crippen LogP contribution in [0.1, 0.15) is 11.1 Å². The molecule has 1 aliphatic heterocycles. The van der Waals surface area contributed by atoms with Gasteiger partial charge in [-0.25, -0.2) is 0 Å². The second-order valence-electron chi connectivity index (χ2n) is 6.40. The van der Waals surface area contributed by atoms with Crippen LogP contribution in [0.5, 0.6) is 17.2 Å². The molecule has 1 heterocycles. The molecule has 0 spiro atoms. The Kier molecular flexibility index (Phi) is 7.04. The normalized spacial score (nSPS) is 14.7. The summed E-state index contributed by atoms with van der Waals surface area (Å²) in [4.78, 5) is 26.5. The number of ether oxygens (including phenoxy) is 3. The monoisotopic (exact) mass is 423 g/mol. The lowest BCUT2D eigenvalue weighted by atomic mass is 10.2. The van der Waals surface area contributed by atoms with E-state index in [1.807, 2.05) is 31.2 Å². The molecule has 3 rings (SSSR count). The van der Waals surface area contributed by atoms with Crippen LogP contribution >= 0.6 is 11.8 Å². The molecular weight excluding hydrogens is 402 g/mol. The smallest absolute Gasteiger partial charge is 0.293 e. The van der Waals surface area contributed by atoms with Gasteiger partial charge in [0.2, 0.25) is 0 Å². The highest BCUT2D eigenvalue weighted by atomic mass is 32.2.